The predicted octanol–water partition coefficient (Wildman–Crippen LogP) is 4.32. The molecule has 2 fully saturated rings. The van der Waals surface area contributed by atoms with E-state index < -0.39 is 0 Å². The minimum absolute atomic E-state index is 0.0328. The Bertz CT molecular complexity index is 1150. The Balaban J connectivity index is 1.12. The molecule has 0 radical (unpaired) electrons. The van der Waals surface area contributed by atoms with E-state index >= 15 is 0 Å². The second-order valence-electron chi connectivity index (χ2n) is 9.57. The van der Waals surface area contributed by atoms with E-state index in [-0.39, 0.29) is 17.7 Å². The molecule has 35 heavy (non-hydrogen) atoms. The van der Waals surface area contributed by atoms with E-state index in [4.69, 9.17) is 4.98 Å². The number of nitrogens with zero attached hydrogens (tertiary/aromatic N) is 4. The fourth-order valence-electron chi connectivity index (χ4n) is 4.95. The second-order valence-corrected chi connectivity index (χ2v) is 10.4. The van der Waals surface area contributed by atoms with Gasteiger partial charge >= 0.3 is 0 Å². The van der Waals surface area contributed by atoms with Gasteiger partial charge in [0.25, 0.3) is 5.91 Å². The van der Waals surface area contributed by atoms with Crippen LogP contribution < -0.4 is 0 Å². The Morgan fingerprint density at radius 2 is 1.69 bits per heavy atom. The summed E-state index contributed by atoms with van der Waals surface area (Å²) < 4.78 is 0. The zero-order valence-electron chi connectivity index (χ0n) is 20.2. The van der Waals surface area contributed by atoms with Crippen LogP contribution in [0.15, 0.2) is 60.0 Å². The molecule has 3 heterocycles. The second kappa shape index (κ2) is 10.7. The smallest absolute Gasteiger partial charge is 0.253 e. The van der Waals surface area contributed by atoms with Crippen molar-refractivity contribution in [3.8, 4) is 10.6 Å². The molecule has 2 aliphatic heterocycles. The van der Waals surface area contributed by atoms with Gasteiger partial charge in [0.15, 0.2) is 0 Å². The standard InChI is InChI=1S/C28H32N4O2S/c1-21-9-11-23(12-10-21)27(33)32-13-5-8-24(18-32)28(34)31-16-14-30(15-17-31)19-25-20-35-26(29-25)22-6-3-2-4-7-22/h2-4,6-7,9-12,20,24H,5,8,13-19H2,1H3. The molecule has 1 unspecified atom stereocenters. The van der Waals surface area contributed by atoms with E-state index in [0.717, 1.165) is 73.9 Å². The van der Waals surface area contributed by atoms with Crippen molar-refractivity contribution in [1.82, 2.24) is 19.7 Å². The van der Waals surface area contributed by atoms with E-state index in [1.54, 1.807) is 11.3 Å². The lowest BCUT2D eigenvalue weighted by Gasteiger charge is -2.39. The summed E-state index contributed by atoms with van der Waals surface area (Å²) in [6.45, 7) is 7.24. The fourth-order valence-corrected chi connectivity index (χ4v) is 5.77. The highest BCUT2D eigenvalue weighted by Crippen LogP contribution is 2.25. The van der Waals surface area contributed by atoms with Gasteiger partial charge in [-0.2, -0.15) is 0 Å². The summed E-state index contributed by atoms with van der Waals surface area (Å²) in [5.74, 6) is 0.133. The molecule has 0 aliphatic carbocycles. The van der Waals surface area contributed by atoms with Crippen LogP contribution in [-0.2, 0) is 11.3 Å². The fraction of sp³-hybridized carbons (Fsp3) is 0.393. The Morgan fingerprint density at radius 1 is 0.943 bits per heavy atom. The van der Waals surface area contributed by atoms with Crippen LogP contribution in [0.1, 0.15) is 34.5 Å². The van der Waals surface area contributed by atoms with Gasteiger partial charge in [0.2, 0.25) is 5.91 Å². The molecule has 0 spiro atoms. The third-order valence-corrected chi connectivity index (χ3v) is 7.94. The third-order valence-electron chi connectivity index (χ3n) is 7.00. The summed E-state index contributed by atoms with van der Waals surface area (Å²) in [6, 6.07) is 18.0. The molecule has 0 saturated carbocycles. The highest BCUT2D eigenvalue weighted by atomic mass is 32.1. The number of rotatable bonds is 5. The molecule has 5 rings (SSSR count). The number of carbonyl (C=O) groups is 2. The Kier molecular flexibility index (Phi) is 7.25. The average Bonchev–Trinajstić information content (AvgIpc) is 3.38. The lowest BCUT2D eigenvalue weighted by atomic mass is 9.95. The van der Waals surface area contributed by atoms with Gasteiger partial charge in [0, 0.05) is 62.3 Å². The summed E-state index contributed by atoms with van der Waals surface area (Å²) >= 11 is 1.68. The molecular weight excluding hydrogens is 456 g/mol. The number of aromatic nitrogens is 1. The van der Waals surface area contributed by atoms with Crippen molar-refractivity contribution < 1.29 is 9.59 Å². The third kappa shape index (κ3) is 5.63. The van der Waals surface area contributed by atoms with Gasteiger partial charge in [-0.15, -0.1) is 11.3 Å². The van der Waals surface area contributed by atoms with E-state index in [1.165, 1.54) is 0 Å². The van der Waals surface area contributed by atoms with Crippen molar-refractivity contribution in [3.63, 3.8) is 0 Å². The molecule has 6 nitrogen and oxygen atoms in total. The first-order valence-corrected chi connectivity index (χ1v) is 13.3. The first-order valence-electron chi connectivity index (χ1n) is 12.4. The molecule has 3 aromatic rings. The lowest BCUT2D eigenvalue weighted by Crippen LogP contribution is -2.52. The van der Waals surface area contributed by atoms with Crippen molar-refractivity contribution >= 4 is 23.2 Å². The average molecular weight is 489 g/mol. The number of benzene rings is 2. The van der Waals surface area contributed by atoms with Gasteiger partial charge in [-0.05, 0) is 31.9 Å². The van der Waals surface area contributed by atoms with Crippen LogP contribution in [0.5, 0.6) is 0 Å². The minimum Gasteiger partial charge on any atom is -0.340 e. The zero-order valence-corrected chi connectivity index (χ0v) is 21.0. The SMILES string of the molecule is Cc1ccc(C(=O)N2CCCC(C(=O)N3CCN(Cc4csc(-c5ccccc5)n4)CC3)C2)cc1. The van der Waals surface area contributed by atoms with Gasteiger partial charge < -0.3 is 9.80 Å². The Labute approximate surface area is 211 Å². The van der Waals surface area contributed by atoms with Crippen molar-refractivity contribution in [2.24, 2.45) is 5.92 Å². The minimum atomic E-state index is -0.100. The molecule has 2 amide bonds. The van der Waals surface area contributed by atoms with Crippen molar-refractivity contribution in [1.29, 1.82) is 0 Å². The summed E-state index contributed by atoms with van der Waals surface area (Å²) in [4.78, 5) is 37.3. The number of amides is 2. The number of carbonyl (C=O) groups excluding carboxylic acids is 2. The van der Waals surface area contributed by atoms with Gasteiger partial charge in [0.1, 0.15) is 5.01 Å². The van der Waals surface area contributed by atoms with Gasteiger partial charge in [-0.1, -0.05) is 48.0 Å². The summed E-state index contributed by atoms with van der Waals surface area (Å²) in [6.07, 6.45) is 1.74. The van der Waals surface area contributed by atoms with Crippen LogP contribution in [-0.4, -0.2) is 70.8 Å². The Hall–Kier alpha value is -3.03. The first kappa shape index (κ1) is 23.7. The summed E-state index contributed by atoms with van der Waals surface area (Å²) in [5, 5.41) is 3.19. The molecule has 7 heteroatoms. The molecule has 0 bridgehead atoms. The Morgan fingerprint density at radius 3 is 2.43 bits per heavy atom. The van der Waals surface area contributed by atoms with Gasteiger partial charge in [0.05, 0.1) is 11.6 Å². The predicted molar refractivity (Wildman–Crippen MR) is 139 cm³/mol. The quantitative estimate of drug-likeness (QED) is 0.537. The number of piperazine rings is 1. The number of likely N-dealkylation sites (tertiary alicyclic amines) is 1. The lowest BCUT2D eigenvalue weighted by molar-refractivity contribution is -0.138. The molecule has 1 aromatic heterocycles. The molecule has 2 saturated heterocycles. The molecular formula is C28H32N4O2S. The van der Waals surface area contributed by atoms with Crippen molar-refractivity contribution in [2.45, 2.75) is 26.3 Å². The van der Waals surface area contributed by atoms with E-state index in [0.29, 0.717) is 12.1 Å². The number of thiazole rings is 1. The van der Waals surface area contributed by atoms with E-state index in [9.17, 15) is 9.59 Å². The van der Waals surface area contributed by atoms with Gasteiger partial charge in [-0.25, -0.2) is 4.98 Å². The van der Waals surface area contributed by atoms with E-state index in [1.807, 2.05) is 59.2 Å². The number of hydrogen-bond acceptors (Lipinski definition) is 5. The zero-order chi connectivity index (χ0) is 24.2. The number of aryl methyl sites for hydroxylation is 1. The van der Waals surface area contributed by atoms with E-state index in [2.05, 4.69) is 22.4 Å². The largest absolute Gasteiger partial charge is 0.340 e. The molecule has 2 aromatic carbocycles. The van der Waals surface area contributed by atoms with Crippen LogP contribution in [0.3, 0.4) is 0 Å². The molecule has 0 N–H and O–H groups in total. The maximum atomic E-state index is 13.3. The summed E-state index contributed by atoms with van der Waals surface area (Å²) in [5.41, 5.74) is 4.08. The van der Waals surface area contributed by atoms with Crippen LogP contribution in [0, 0.1) is 12.8 Å². The molecule has 2 aliphatic rings. The van der Waals surface area contributed by atoms with Crippen LogP contribution >= 0.6 is 11.3 Å². The van der Waals surface area contributed by atoms with Crippen LogP contribution in [0.25, 0.3) is 10.6 Å². The topological polar surface area (TPSA) is 56.8 Å². The van der Waals surface area contributed by atoms with Crippen molar-refractivity contribution in [2.75, 3.05) is 39.3 Å². The number of piperidine rings is 1. The monoisotopic (exact) mass is 488 g/mol. The molecule has 1 atom stereocenters. The van der Waals surface area contributed by atoms with Gasteiger partial charge in [-0.3, -0.25) is 14.5 Å². The molecule has 182 valence electrons. The van der Waals surface area contributed by atoms with Crippen LogP contribution in [0.2, 0.25) is 0 Å². The number of hydrogen-bond donors (Lipinski definition) is 0. The summed E-state index contributed by atoms with van der Waals surface area (Å²) in [7, 11) is 0. The maximum absolute atomic E-state index is 13.3. The first-order chi connectivity index (χ1) is 17.1. The highest BCUT2D eigenvalue weighted by Gasteiger charge is 2.33. The van der Waals surface area contributed by atoms with Crippen molar-refractivity contribution in [3.05, 3.63) is 76.8 Å². The van der Waals surface area contributed by atoms with Crippen LogP contribution in [0.4, 0.5) is 0 Å². The normalized spacial score (nSPS) is 19.1. The highest BCUT2D eigenvalue weighted by molar-refractivity contribution is 7.13. The maximum Gasteiger partial charge on any atom is 0.253 e.